The molecule has 1 saturated carbocycles. The molecule has 0 saturated heterocycles. The molecule has 0 bridgehead atoms. The van der Waals surface area contributed by atoms with Crippen LogP contribution in [-0.2, 0) is 6.54 Å². The predicted octanol–water partition coefficient (Wildman–Crippen LogP) is 2.51. The summed E-state index contributed by atoms with van der Waals surface area (Å²) in [5.74, 6) is 0.636. The van der Waals surface area contributed by atoms with E-state index >= 15 is 0 Å². The van der Waals surface area contributed by atoms with Crippen LogP contribution in [0.25, 0.3) is 0 Å². The van der Waals surface area contributed by atoms with Crippen LogP contribution in [0.4, 0.5) is 0 Å². The zero-order valence-corrected chi connectivity index (χ0v) is 11.7. The van der Waals surface area contributed by atoms with Crippen molar-refractivity contribution in [2.75, 3.05) is 13.6 Å². The average molecular weight is 257 g/mol. The molecule has 0 aliphatic heterocycles. The Morgan fingerprint density at radius 2 is 1.95 bits per heavy atom. The van der Waals surface area contributed by atoms with Crippen molar-refractivity contribution in [2.45, 2.75) is 38.3 Å². The Labute approximate surface area is 116 Å². The summed E-state index contributed by atoms with van der Waals surface area (Å²) in [7, 11) is 2.19. The molecule has 0 amide bonds. The molecule has 1 fully saturated rings. The van der Waals surface area contributed by atoms with Gasteiger partial charge in [-0.1, -0.05) is 25.0 Å². The second-order valence-electron chi connectivity index (χ2n) is 5.57. The first-order valence-corrected chi connectivity index (χ1v) is 7.14. The fraction of sp³-hybridized carbons (Fsp3) is 0.562. The van der Waals surface area contributed by atoms with Gasteiger partial charge in [-0.25, -0.2) is 0 Å². The van der Waals surface area contributed by atoms with Crippen molar-refractivity contribution in [1.82, 2.24) is 4.90 Å². The molecule has 1 aromatic carbocycles. The molecule has 2 unspecified atom stereocenters. The molecule has 1 aliphatic rings. The number of nitrogens with zero attached hydrogens (tertiary/aromatic N) is 2. The van der Waals surface area contributed by atoms with Gasteiger partial charge in [0.15, 0.2) is 0 Å². The lowest BCUT2D eigenvalue weighted by Crippen LogP contribution is -2.42. The van der Waals surface area contributed by atoms with Crippen LogP contribution in [0.2, 0.25) is 0 Å². The molecule has 1 aliphatic carbocycles. The molecule has 1 aromatic rings. The minimum Gasteiger partial charge on any atom is -0.330 e. The van der Waals surface area contributed by atoms with E-state index in [1.807, 2.05) is 12.1 Å². The molecule has 2 rings (SSSR count). The molecule has 2 N–H and O–H groups in total. The summed E-state index contributed by atoms with van der Waals surface area (Å²) >= 11 is 0. The van der Waals surface area contributed by atoms with Gasteiger partial charge in [-0.05, 0) is 50.0 Å². The molecule has 102 valence electrons. The highest BCUT2D eigenvalue weighted by molar-refractivity contribution is 5.31. The lowest BCUT2D eigenvalue weighted by Gasteiger charge is -2.37. The van der Waals surface area contributed by atoms with Gasteiger partial charge in [0.1, 0.15) is 0 Å². The van der Waals surface area contributed by atoms with Crippen LogP contribution in [0.3, 0.4) is 0 Å². The third-order valence-electron chi connectivity index (χ3n) is 4.25. The van der Waals surface area contributed by atoms with E-state index in [9.17, 15) is 0 Å². The fourth-order valence-corrected chi connectivity index (χ4v) is 3.13. The third kappa shape index (κ3) is 3.56. The van der Waals surface area contributed by atoms with Gasteiger partial charge in [0.2, 0.25) is 0 Å². The normalized spacial score (nSPS) is 23.3. The van der Waals surface area contributed by atoms with E-state index in [0.29, 0.717) is 12.0 Å². The number of hydrogen-bond acceptors (Lipinski definition) is 3. The Morgan fingerprint density at radius 1 is 1.26 bits per heavy atom. The molecular weight excluding hydrogens is 234 g/mol. The summed E-state index contributed by atoms with van der Waals surface area (Å²) in [5, 5.41) is 8.81. The van der Waals surface area contributed by atoms with E-state index in [0.717, 1.165) is 18.7 Å². The van der Waals surface area contributed by atoms with Crippen molar-refractivity contribution in [2.24, 2.45) is 11.7 Å². The van der Waals surface area contributed by atoms with Gasteiger partial charge in [0.25, 0.3) is 0 Å². The van der Waals surface area contributed by atoms with E-state index in [-0.39, 0.29) is 0 Å². The molecule has 2 atom stereocenters. The number of hydrogen-bond donors (Lipinski definition) is 1. The first-order chi connectivity index (χ1) is 9.24. The van der Waals surface area contributed by atoms with Crippen LogP contribution >= 0.6 is 0 Å². The zero-order chi connectivity index (χ0) is 13.7. The maximum absolute atomic E-state index is 8.81. The number of rotatable bonds is 4. The lowest BCUT2D eigenvalue weighted by molar-refractivity contribution is 0.127. The number of benzene rings is 1. The molecular formula is C16H23N3. The highest BCUT2D eigenvalue weighted by atomic mass is 15.1. The second-order valence-corrected chi connectivity index (χ2v) is 5.57. The Morgan fingerprint density at radius 3 is 2.58 bits per heavy atom. The summed E-state index contributed by atoms with van der Waals surface area (Å²) in [6, 6.07) is 10.7. The van der Waals surface area contributed by atoms with Crippen LogP contribution < -0.4 is 5.73 Å². The Hall–Kier alpha value is -1.37. The topological polar surface area (TPSA) is 53.0 Å². The summed E-state index contributed by atoms with van der Waals surface area (Å²) in [5.41, 5.74) is 7.89. The van der Waals surface area contributed by atoms with Gasteiger partial charge in [-0.2, -0.15) is 5.26 Å². The summed E-state index contributed by atoms with van der Waals surface area (Å²) in [4.78, 5) is 2.43. The van der Waals surface area contributed by atoms with E-state index in [1.165, 1.54) is 31.2 Å². The standard InChI is InChI=1S/C16H23N3/c1-19(16-5-3-2-4-15(16)11-18)12-14-8-6-13(10-17)7-9-14/h6-9,15-16H,2-5,11-12,18H2,1H3. The highest BCUT2D eigenvalue weighted by Gasteiger charge is 2.27. The monoisotopic (exact) mass is 257 g/mol. The second kappa shape index (κ2) is 6.70. The summed E-state index contributed by atoms with van der Waals surface area (Å²) in [6.45, 7) is 1.73. The quantitative estimate of drug-likeness (QED) is 0.901. The van der Waals surface area contributed by atoms with Crippen LogP contribution in [0.15, 0.2) is 24.3 Å². The lowest BCUT2D eigenvalue weighted by atomic mass is 9.83. The molecule has 0 spiro atoms. The van der Waals surface area contributed by atoms with Gasteiger partial charge in [-0.15, -0.1) is 0 Å². The van der Waals surface area contributed by atoms with Crippen LogP contribution in [0.1, 0.15) is 36.8 Å². The van der Waals surface area contributed by atoms with Gasteiger partial charge < -0.3 is 5.73 Å². The number of nitriles is 1. The van der Waals surface area contributed by atoms with E-state index in [2.05, 4.69) is 30.1 Å². The van der Waals surface area contributed by atoms with Crippen molar-refractivity contribution in [3.63, 3.8) is 0 Å². The largest absolute Gasteiger partial charge is 0.330 e. The van der Waals surface area contributed by atoms with Crippen LogP contribution in [-0.4, -0.2) is 24.5 Å². The van der Waals surface area contributed by atoms with Crippen molar-refractivity contribution >= 4 is 0 Å². The van der Waals surface area contributed by atoms with Gasteiger partial charge >= 0.3 is 0 Å². The molecule has 0 radical (unpaired) electrons. The first-order valence-electron chi connectivity index (χ1n) is 7.14. The Balaban J connectivity index is 1.98. The molecule has 19 heavy (non-hydrogen) atoms. The highest BCUT2D eigenvalue weighted by Crippen LogP contribution is 2.28. The van der Waals surface area contributed by atoms with Crippen molar-refractivity contribution in [3.05, 3.63) is 35.4 Å². The minimum atomic E-state index is 0.606. The molecule has 3 heteroatoms. The average Bonchev–Trinajstić information content (AvgIpc) is 2.48. The molecule has 3 nitrogen and oxygen atoms in total. The maximum atomic E-state index is 8.81. The molecule has 0 heterocycles. The van der Waals surface area contributed by atoms with Gasteiger partial charge in [0, 0.05) is 12.6 Å². The summed E-state index contributed by atoms with van der Waals surface area (Å²) in [6.07, 6.45) is 5.16. The SMILES string of the molecule is CN(Cc1ccc(C#N)cc1)C1CCCCC1CN. The third-order valence-corrected chi connectivity index (χ3v) is 4.25. The van der Waals surface area contributed by atoms with Crippen molar-refractivity contribution < 1.29 is 0 Å². The maximum Gasteiger partial charge on any atom is 0.0991 e. The minimum absolute atomic E-state index is 0.606. The Bertz CT molecular complexity index is 432. The number of nitrogens with two attached hydrogens (primary N) is 1. The van der Waals surface area contributed by atoms with Gasteiger partial charge in [0.05, 0.1) is 11.6 Å². The van der Waals surface area contributed by atoms with E-state index < -0.39 is 0 Å². The van der Waals surface area contributed by atoms with E-state index in [4.69, 9.17) is 11.0 Å². The molecule has 0 aromatic heterocycles. The van der Waals surface area contributed by atoms with Crippen LogP contribution in [0, 0.1) is 17.2 Å². The van der Waals surface area contributed by atoms with Crippen molar-refractivity contribution in [1.29, 1.82) is 5.26 Å². The zero-order valence-electron chi connectivity index (χ0n) is 11.7. The van der Waals surface area contributed by atoms with E-state index in [1.54, 1.807) is 0 Å². The first kappa shape index (κ1) is 14.0. The summed E-state index contributed by atoms with van der Waals surface area (Å²) < 4.78 is 0. The van der Waals surface area contributed by atoms with Gasteiger partial charge in [-0.3, -0.25) is 4.90 Å². The fourth-order valence-electron chi connectivity index (χ4n) is 3.13. The van der Waals surface area contributed by atoms with Crippen molar-refractivity contribution in [3.8, 4) is 6.07 Å². The predicted molar refractivity (Wildman–Crippen MR) is 77.4 cm³/mol. The smallest absolute Gasteiger partial charge is 0.0991 e. The Kier molecular flexibility index (Phi) is 4.95. The van der Waals surface area contributed by atoms with Crippen LogP contribution in [0.5, 0.6) is 0 Å².